The number of anilines is 1. The molecule has 0 aliphatic heterocycles. The number of nitrogens with zero attached hydrogens (tertiary/aromatic N) is 2. The zero-order valence-corrected chi connectivity index (χ0v) is 16.9. The molecule has 0 fully saturated rings. The van der Waals surface area contributed by atoms with Gasteiger partial charge >= 0.3 is 6.03 Å². The Hall–Kier alpha value is -2.86. The van der Waals surface area contributed by atoms with Crippen LogP contribution < -0.4 is 10.6 Å². The van der Waals surface area contributed by atoms with Gasteiger partial charge in [-0.2, -0.15) is 0 Å². The second kappa shape index (κ2) is 10.5. The van der Waals surface area contributed by atoms with Gasteiger partial charge in [0.25, 0.3) is 0 Å². The second-order valence-electron chi connectivity index (χ2n) is 6.66. The van der Waals surface area contributed by atoms with E-state index in [0.29, 0.717) is 13.2 Å². The number of hydrogen-bond acceptors (Lipinski definition) is 3. The standard InChI is InChI=1S/C22H30N4O2/c1-4-19-12-8-9-17(2)20(19)25(3)22(27)26(21(23)24)14-16-28-15-13-18-10-6-5-7-11-18/h5-12H,4,13-16H2,1-3H3,(H3,23,24). The van der Waals surface area contributed by atoms with Gasteiger partial charge in [0, 0.05) is 7.05 Å². The van der Waals surface area contributed by atoms with Crippen LogP contribution in [-0.4, -0.2) is 43.7 Å². The van der Waals surface area contributed by atoms with Crippen molar-refractivity contribution in [3.8, 4) is 0 Å². The number of amides is 2. The molecule has 150 valence electrons. The molecule has 2 aromatic carbocycles. The number of hydrogen-bond donors (Lipinski definition) is 2. The molecule has 0 spiro atoms. The monoisotopic (exact) mass is 382 g/mol. The zero-order valence-electron chi connectivity index (χ0n) is 16.9. The lowest BCUT2D eigenvalue weighted by Crippen LogP contribution is -2.49. The molecule has 2 amide bonds. The van der Waals surface area contributed by atoms with Crippen LogP contribution in [-0.2, 0) is 17.6 Å². The maximum absolute atomic E-state index is 13.0. The largest absolute Gasteiger partial charge is 0.379 e. The van der Waals surface area contributed by atoms with Crippen molar-refractivity contribution >= 4 is 17.7 Å². The minimum atomic E-state index is -0.330. The van der Waals surface area contributed by atoms with Gasteiger partial charge in [-0.05, 0) is 36.5 Å². The Morgan fingerprint density at radius 2 is 1.82 bits per heavy atom. The van der Waals surface area contributed by atoms with Crippen LogP contribution in [0.4, 0.5) is 10.5 Å². The lowest BCUT2D eigenvalue weighted by Gasteiger charge is -2.29. The van der Waals surface area contributed by atoms with Gasteiger partial charge < -0.3 is 10.5 Å². The maximum atomic E-state index is 13.0. The predicted molar refractivity (Wildman–Crippen MR) is 114 cm³/mol. The Labute approximate surface area is 167 Å². The van der Waals surface area contributed by atoms with E-state index in [2.05, 4.69) is 19.1 Å². The molecule has 6 nitrogen and oxygen atoms in total. The Balaban J connectivity index is 1.95. The number of aryl methyl sites for hydroxylation is 2. The molecule has 0 aliphatic carbocycles. The molecule has 28 heavy (non-hydrogen) atoms. The third kappa shape index (κ3) is 5.57. The van der Waals surface area contributed by atoms with E-state index in [4.69, 9.17) is 15.9 Å². The first-order chi connectivity index (χ1) is 13.5. The van der Waals surface area contributed by atoms with Gasteiger partial charge in [-0.25, -0.2) is 4.79 Å². The third-order valence-electron chi connectivity index (χ3n) is 4.68. The molecule has 0 bridgehead atoms. The molecule has 6 heteroatoms. The summed E-state index contributed by atoms with van der Waals surface area (Å²) in [7, 11) is 1.72. The number of urea groups is 1. The zero-order chi connectivity index (χ0) is 20.5. The van der Waals surface area contributed by atoms with E-state index in [9.17, 15) is 4.79 Å². The van der Waals surface area contributed by atoms with Crippen molar-refractivity contribution in [1.29, 1.82) is 5.41 Å². The van der Waals surface area contributed by atoms with E-state index in [1.54, 1.807) is 11.9 Å². The highest BCUT2D eigenvalue weighted by atomic mass is 16.5. The van der Waals surface area contributed by atoms with Crippen LogP contribution in [0.2, 0.25) is 0 Å². The van der Waals surface area contributed by atoms with Gasteiger partial charge in [-0.3, -0.25) is 15.2 Å². The summed E-state index contributed by atoms with van der Waals surface area (Å²) in [6.07, 6.45) is 1.62. The van der Waals surface area contributed by atoms with Crippen molar-refractivity contribution in [2.45, 2.75) is 26.7 Å². The number of para-hydroxylation sites is 1. The van der Waals surface area contributed by atoms with Gasteiger partial charge in [0.1, 0.15) is 0 Å². The first-order valence-corrected chi connectivity index (χ1v) is 9.55. The van der Waals surface area contributed by atoms with Crippen molar-refractivity contribution < 1.29 is 9.53 Å². The van der Waals surface area contributed by atoms with E-state index >= 15 is 0 Å². The molecule has 0 aliphatic rings. The van der Waals surface area contributed by atoms with Crippen LogP contribution in [0.15, 0.2) is 48.5 Å². The number of carbonyl (C=O) groups is 1. The van der Waals surface area contributed by atoms with Crippen LogP contribution in [0.3, 0.4) is 0 Å². The number of nitrogens with two attached hydrogens (primary N) is 1. The number of ether oxygens (including phenoxy) is 1. The van der Waals surface area contributed by atoms with Crippen molar-refractivity contribution in [2.24, 2.45) is 5.73 Å². The molecular weight excluding hydrogens is 352 g/mol. The summed E-state index contributed by atoms with van der Waals surface area (Å²) in [6.45, 7) is 5.14. The molecular formula is C22H30N4O2. The fraction of sp³-hybridized carbons (Fsp3) is 0.364. The van der Waals surface area contributed by atoms with Crippen LogP contribution in [0.5, 0.6) is 0 Å². The SMILES string of the molecule is CCc1cccc(C)c1N(C)C(=O)N(CCOCCc1ccccc1)C(=N)N. The van der Waals surface area contributed by atoms with Crippen molar-refractivity contribution in [3.63, 3.8) is 0 Å². The van der Waals surface area contributed by atoms with E-state index in [1.807, 2.05) is 43.3 Å². The normalized spacial score (nSPS) is 10.5. The molecule has 0 saturated heterocycles. The molecule has 0 saturated carbocycles. The Morgan fingerprint density at radius 3 is 2.46 bits per heavy atom. The van der Waals surface area contributed by atoms with Gasteiger partial charge in [-0.1, -0.05) is 55.5 Å². The lowest BCUT2D eigenvalue weighted by molar-refractivity contribution is 0.126. The predicted octanol–water partition coefficient (Wildman–Crippen LogP) is 3.57. The molecule has 2 rings (SSSR count). The van der Waals surface area contributed by atoms with Gasteiger partial charge in [0.15, 0.2) is 5.96 Å². The Morgan fingerprint density at radius 1 is 1.11 bits per heavy atom. The number of nitrogens with one attached hydrogen (secondary N) is 1. The first-order valence-electron chi connectivity index (χ1n) is 9.55. The first kappa shape index (κ1) is 21.4. The summed E-state index contributed by atoms with van der Waals surface area (Å²) < 4.78 is 5.66. The fourth-order valence-electron chi connectivity index (χ4n) is 3.17. The summed E-state index contributed by atoms with van der Waals surface area (Å²) in [5.41, 5.74) is 9.84. The highest BCUT2D eigenvalue weighted by Gasteiger charge is 2.23. The molecule has 2 aromatic rings. The summed E-state index contributed by atoms with van der Waals surface area (Å²) >= 11 is 0. The summed E-state index contributed by atoms with van der Waals surface area (Å²) in [4.78, 5) is 15.8. The number of rotatable bonds is 8. The highest BCUT2D eigenvalue weighted by molar-refractivity contribution is 6.02. The highest BCUT2D eigenvalue weighted by Crippen LogP contribution is 2.25. The van der Waals surface area contributed by atoms with E-state index in [-0.39, 0.29) is 18.5 Å². The van der Waals surface area contributed by atoms with E-state index in [0.717, 1.165) is 29.7 Å². The van der Waals surface area contributed by atoms with Gasteiger partial charge in [0.2, 0.25) is 0 Å². The minimum absolute atomic E-state index is 0.237. The average Bonchev–Trinajstić information content (AvgIpc) is 2.70. The molecule has 0 radical (unpaired) electrons. The summed E-state index contributed by atoms with van der Waals surface area (Å²) in [5, 5.41) is 7.81. The van der Waals surface area contributed by atoms with Crippen LogP contribution in [0.25, 0.3) is 0 Å². The summed E-state index contributed by atoms with van der Waals surface area (Å²) in [5.74, 6) is -0.282. The van der Waals surface area contributed by atoms with Gasteiger partial charge in [-0.15, -0.1) is 0 Å². The number of carbonyl (C=O) groups excluding carboxylic acids is 1. The van der Waals surface area contributed by atoms with Crippen LogP contribution in [0, 0.1) is 12.3 Å². The van der Waals surface area contributed by atoms with Crippen molar-refractivity contribution in [1.82, 2.24) is 4.90 Å². The van der Waals surface area contributed by atoms with Crippen molar-refractivity contribution in [2.75, 3.05) is 31.7 Å². The molecule has 0 atom stereocenters. The Bertz CT molecular complexity index is 792. The second-order valence-corrected chi connectivity index (χ2v) is 6.66. The third-order valence-corrected chi connectivity index (χ3v) is 4.68. The maximum Gasteiger partial charge on any atom is 0.331 e. The fourth-order valence-corrected chi connectivity index (χ4v) is 3.17. The smallest absolute Gasteiger partial charge is 0.331 e. The van der Waals surface area contributed by atoms with Crippen molar-refractivity contribution in [3.05, 3.63) is 65.2 Å². The Kier molecular flexibility index (Phi) is 8.02. The quantitative estimate of drug-likeness (QED) is 0.416. The van der Waals surface area contributed by atoms with Gasteiger partial charge in [0.05, 0.1) is 25.4 Å². The molecule has 0 heterocycles. The summed E-state index contributed by atoms with van der Waals surface area (Å²) in [6, 6.07) is 15.7. The van der Waals surface area contributed by atoms with Crippen LogP contribution >= 0.6 is 0 Å². The molecule has 3 N–H and O–H groups in total. The topological polar surface area (TPSA) is 82.7 Å². The number of guanidine groups is 1. The minimum Gasteiger partial charge on any atom is -0.379 e. The average molecular weight is 383 g/mol. The lowest BCUT2D eigenvalue weighted by atomic mass is 10.1. The van der Waals surface area contributed by atoms with E-state index < -0.39 is 0 Å². The molecule has 0 unspecified atom stereocenters. The molecule has 0 aromatic heterocycles. The van der Waals surface area contributed by atoms with Crippen LogP contribution in [0.1, 0.15) is 23.6 Å². The number of benzene rings is 2. The van der Waals surface area contributed by atoms with E-state index in [1.165, 1.54) is 10.5 Å².